The van der Waals surface area contributed by atoms with Crippen molar-refractivity contribution in [2.75, 3.05) is 21.3 Å². The lowest BCUT2D eigenvalue weighted by atomic mass is 9.70. The van der Waals surface area contributed by atoms with Crippen LogP contribution in [0.25, 0.3) is 0 Å². The average Bonchev–Trinajstić information content (AvgIpc) is 3.26. The third-order valence-electron chi connectivity index (χ3n) is 7.21. The van der Waals surface area contributed by atoms with Crippen molar-refractivity contribution in [1.82, 2.24) is 0 Å². The number of hydrogen-bond donors (Lipinski definition) is 3. The standard InChI is InChI=1S/C27H26O8/c1-32-18-11-9-16(10-12-18)27-22(15-7-5-4-6-8-15)21(25(30)34-3)24(29)26(27,31)23-19(33-2)13-17(28)14-20(23)35-27/h4-14,21-22,24,28-29,31H,1-3H3/t21-,22-,24-,26+,27+/m0/s1. The van der Waals surface area contributed by atoms with E-state index in [2.05, 4.69) is 0 Å². The predicted octanol–water partition coefficient (Wildman–Crippen LogP) is 2.83. The topological polar surface area (TPSA) is 115 Å². The van der Waals surface area contributed by atoms with E-state index in [0.29, 0.717) is 16.9 Å². The number of carbonyl (C=O) groups is 1. The Bertz CT molecular complexity index is 1260. The molecule has 3 aromatic carbocycles. The van der Waals surface area contributed by atoms with Crippen LogP contribution in [0.1, 0.15) is 22.6 Å². The Kier molecular flexibility index (Phi) is 5.38. The minimum atomic E-state index is -2.14. The molecule has 1 fully saturated rings. The number of ether oxygens (including phenoxy) is 4. The van der Waals surface area contributed by atoms with E-state index in [-0.39, 0.29) is 22.8 Å². The van der Waals surface area contributed by atoms with Gasteiger partial charge in [-0.3, -0.25) is 4.79 Å². The third kappa shape index (κ3) is 2.96. The van der Waals surface area contributed by atoms with Gasteiger partial charge in [-0.05, 0) is 23.3 Å². The van der Waals surface area contributed by atoms with Crippen molar-refractivity contribution < 1.29 is 39.1 Å². The number of esters is 1. The van der Waals surface area contributed by atoms with Gasteiger partial charge in [0.1, 0.15) is 29.1 Å². The van der Waals surface area contributed by atoms with Gasteiger partial charge < -0.3 is 34.3 Å². The number of carbonyl (C=O) groups excluding carboxylic acids is 1. The monoisotopic (exact) mass is 478 g/mol. The number of rotatable bonds is 5. The highest BCUT2D eigenvalue weighted by molar-refractivity contribution is 5.78. The second-order valence-corrected chi connectivity index (χ2v) is 8.74. The molecule has 1 heterocycles. The highest BCUT2D eigenvalue weighted by Gasteiger charge is 2.78. The number of benzene rings is 3. The molecule has 1 saturated carbocycles. The number of aliphatic hydroxyl groups excluding tert-OH is 1. The number of hydrogen-bond acceptors (Lipinski definition) is 8. The second-order valence-electron chi connectivity index (χ2n) is 8.74. The van der Waals surface area contributed by atoms with Crippen molar-refractivity contribution in [3.8, 4) is 23.0 Å². The molecule has 0 amide bonds. The molecule has 5 rings (SSSR count). The molecule has 8 nitrogen and oxygen atoms in total. The summed E-state index contributed by atoms with van der Waals surface area (Å²) in [5.41, 5.74) is -2.52. The fraction of sp³-hybridized carbons (Fsp3) is 0.296. The Hall–Kier alpha value is -3.75. The van der Waals surface area contributed by atoms with Crippen LogP contribution in [0, 0.1) is 5.92 Å². The normalized spacial score (nSPS) is 28.5. The summed E-state index contributed by atoms with van der Waals surface area (Å²) < 4.78 is 22.5. The Balaban J connectivity index is 1.88. The van der Waals surface area contributed by atoms with Crippen LogP contribution in [0.2, 0.25) is 0 Å². The summed E-state index contributed by atoms with van der Waals surface area (Å²) in [6.07, 6.45) is -1.64. The van der Waals surface area contributed by atoms with Crippen LogP contribution >= 0.6 is 0 Å². The van der Waals surface area contributed by atoms with E-state index in [1.807, 2.05) is 30.3 Å². The third-order valence-corrected chi connectivity index (χ3v) is 7.21. The minimum absolute atomic E-state index is 0.120. The van der Waals surface area contributed by atoms with Crippen LogP contribution in [0.4, 0.5) is 0 Å². The van der Waals surface area contributed by atoms with E-state index in [4.69, 9.17) is 18.9 Å². The number of fused-ring (bicyclic) bond motifs is 3. The summed E-state index contributed by atoms with van der Waals surface area (Å²) in [7, 11) is 4.17. The zero-order valence-corrected chi connectivity index (χ0v) is 19.5. The molecule has 1 aliphatic carbocycles. The number of methoxy groups -OCH3 is 3. The second kappa shape index (κ2) is 8.18. The van der Waals surface area contributed by atoms with Gasteiger partial charge in [0.05, 0.1) is 32.8 Å². The molecule has 5 atom stereocenters. The van der Waals surface area contributed by atoms with E-state index in [1.54, 1.807) is 31.4 Å². The van der Waals surface area contributed by atoms with Gasteiger partial charge in [-0.25, -0.2) is 0 Å². The Morgan fingerprint density at radius 1 is 0.971 bits per heavy atom. The molecule has 0 bridgehead atoms. The van der Waals surface area contributed by atoms with Crippen molar-refractivity contribution in [3.63, 3.8) is 0 Å². The maximum absolute atomic E-state index is 13.1. The van der Waals surface area contributed by atoms with Gasteiger partial charge in [0.25, 0.3) is 0 Å². The Labute approximate surface area is 202 Å². The van der Waals surface area contributed by atoms with Crippen LogP contribution in [0.15, 0.2) is 66.7 Å². The van der Waals surface area contributed by atoms with E-state index in [0.717, 1.165) is 0 Å². The summed E-state index contributed by atoms with van der Waals surface area (Å²) in [6, 6.07) is 18.6. The summed E-state index contributed by atoms with van der Waals surface area (Å²) in [4.78, 5) is 13.1. The molecule has 182 valence electrons. The predicted molar refractivity (Wildman–Crippen MR) is 125 cm³/mol. The van der Waals surface area contributed by atoms with Crippen molar-refractivity contribution in [3.05, 3.63) is 83.4 Å². The maximum Gasteiger partial charge on any atom is 0.312 e. The molecule has 0 radical (unpaired) electrons. The average molecular weight is 478 g/mol. The van der Waals surface area contributed by atoms with Gasteiger partial charge in [0.2, 0.25) is 0 Å². The zero-order chi connectivity index (χ0) is 25.0. The Morgan fingerprint density at radius 2 is 1.66 bits per heavy atom. The molecule has 3 aromatic rings. The van der Waals surface area contributed by atoms with Crippen LogP contribution in [-0.4, -0.2) is 48.7 Å². The summed E-state index contributed by atoms with van der Waals surface area (Å²) >= 11 is 0. The molecule has 0 aromatic heterocycles. The van der Waals surface area contributed by atoms with E-state index >= 15 is 0 Å². The first kappa shape index (κ1) is 23.0. The molecular formula is C27H26O8. The fourth-order valence-corrected chi connectivity index (χ4v) is 5.79. The minimum Gasteiger partial charge on any atom is -0.508 e. The smallest absolute Gasteiger partial charge is 0.312 e. The van der Waals surface area contributed by atoms with E-state index in [9.17, 15) is 20.1 Å². The summed E-state index contributed by atoms with van der Waals surface area (Å²) in [6.45, 7) is 0. The van der Waals surface area contributed by atoms with Gasteiger partial charge in [0, 0.05) is 18.1 Å². The first-order valence-corrected chi connectivity index (χ1v) is 11.1. The van der Waals surface area contributed by atoms with Gasteiger partial charge in [0.15, 0.2) is 11.2 Å². The molecule has 3 N–H and O–H groups in total. The lowest BCUT2D eigenvalue weighted by molar-refractivity contribution is -0.161. The van der Waals surface area contributed by atoms with Gasteiger partial charge in [-0.15, -0.1) is 0 Å². The van der Waals surface area contributed by atoms with Crippen molar-refractivity contribution in [2.45, 2.75) is 23.2 Å². The molecule has 1 aliphatic heterocycles. The largest absolute Gasteiger partial charge is 0.508 e. The summed E-state index contributed by atoms with van der Waals surface area (Å²) in [5.74, 6) is -2.03. The first-order valence-electron chi connectivity index (χ1n) is 11.1. The lowest BCUT2D eigenvalue weighted by Crippen LogP contribution is -2.52. The zero-order valence-electron chi connectivity index (χ0n) is 19.5. The molecule has 8 heteroatoms. The molecule has 0 unspecified atom stereocenters. The molecule has 2 aliphatic rings. The molecule has 0 spiro atoms. The van der Waals surface area contributed by atoms with Crippen molar-refractivity contribution >= 4 is 5.97 Å². The van der Waals surface area contributed by atoms with Crippen LogP contribution in [-0.2, 0) is 20.7 Å². The Morgan fingerprint density at radius 3 is 2.26 bits per heavy atom. The number of phenolic OH excluding ortho intramolecular Hbond substituents is 1. The van der Waals surface area contributed by atoms with E-state index < -0.39 is 35.1 Å². The highest BCUT2D eigenvalue weighted by Crippen LogP contribution is 2.70. The SMILES string of the molecule is COC(=O)[C@@H]1[C@H](O)[C@]2(O)c3c(OC)cc(O)cc3O[C@]2(c2ccc(OC)cc2)[C@H]1c1ccccc1. The van der Waals surface area contributed by atoms with Crippen LogP contribution < -0.4 is 14.2 Å². The van der Waals surface area contributed by atoms with E-state index in [1.165, 1.54) is 26.4 Å². The lowest BCUT2D eigenvalue weighted by Gasteiger charge is -2.40. The quantitative estimate of drug-likeness (QED) is 0.480. The van der Waals surface area contributed by atoms with Crippen molar-refractivity contribution in [2.24, 2.45) is 5.92 Å². The fourth-order valence-electron chi connectivity index (χ4n) is 5.79. The van der Waals surface area contributed by atoms with Crippen molar-refractivity contribution in [1.29, 1.82) is 0 Å². The van der Waals surface area contributed by atoms with Gasteiger partial charge >= 0.3 is 5.97 Å². The number of aliphatic hydroxyl groups is 2. The number of aromatic hydroxyl groups is 1. The van der Waals surface area contributed by atoms with Crippen LogP contribution in [0.3, 0.4) is 0 Å². The van der Waals surface area contributed by atoms with Crippen LogP contribution in [0.5, 0.6) is 23.0 Å². The number of phenols is 1. The maximum atomic E-state index is 13.1. The summed E-state index contributed by atoms with van der Waals surface area (Å²) in [5, 5.41) is 34.6. The molecule has 0 saturated heterocycles. The molecule has 35 heavy (non-hydrogen) atoms. The highest BCUT2D eigenvalue weighted by atomic mass is 16.5. The van der Waals surface area contributed by atoms with Gasteiger partial charge in [-0.2, -0.15) is 0 Å². The first-order chi connectivity index (χ1) is 16.8. The van der Waals surface area contributed by atoms with Gasteiger partial charge in [-0.1, -0.05) is 42.5 Å². The molecular weight excluding hydrogens is 452 g/mol.